The molecule has 0 unspecified atom stereocenters. The Balaban J connectivity index is 3.28. The second-order valence-corrected chi connectivity index (χ2v) is 3.46. The van der Waals surface area contributed by atoms with Gasteiger partial charge in [0.05, 0.1) is 23.7 Å². The Labute approximate surface area is 89.8 Å². The van der Waals surface area contributed by atoms with Crippen LogP contribution in [0.5, 0.6) is 11.5 Å². The highest BCUT2D eigenvalue weighted by atomic mass is 79.9. The van der Waals surface area contributed by atoms with E-state index in [-0.39, 0.29) is 29.4 Å². The Morgan fingerprint density at radius 3 is 2.79 bits per heavy atom. The number of benzene rings is 1. The lowest BCUT2D eigenvalue weighted by molar-refractivity contribution is 0.0998. The summed E-state index contributed by atoms with van der Waals surface area (Å²) in [5, 5.41) is 9.64. The van der Waals surface area contributed by atoms with E-state index in [9.17, 15) is 9.90 Å². The van der Waals surface area contributed by atoms with Crippen molar-refractivity contribution in [2.75, 3.05) is 13.7 Å². The first-order valence-electron chi connectivity index (χ1n) is 3.90. The van der Waals surface area contributed by atoms with Gasteiger partial charge in [0, 0.05) is 0 Å². The maximum Gasteiger partial charge on any atom is 0.180 e. The zero-order chi connectivity index (χ0) is 10.7. The Morgan fingerprint density at radius 2 is 2.29 bits per heavy atom. The van der Waals surface area contributed by atoms with Gasteiger partial charge >= 0.3 is 0 Å². The SMILES string of the molecule is COc1c(Br)ccc(C(=O)CN)c1O. The van der Waals surface area contributed by atoms with Crippen LogP contribution in [-0.2, 0) is 0 Å². The number of hydrogen-bond donors (Lipinski definition) is 2. The molecule has 0 aliphatic rings. The standard InChI is InChI=1S/C9H10BrNO3/c1-14-9-6(10)3-2-5(8(9)13)7(12)4-11/h2-3,13H,4,11H2,1H3. The van der Waals surface area contributed by atoms with Crippen LogP contribution >= 0.6 is 15.9 Å². The molecule has 0 atom stereocenters. The van der Waals surface area contributed by atoms with Crippen LogP contribution in [0.2, 0.25) is 0 Å². The van der Waals surface area contributed by atoms with Gasteiger partial charge in [-0.3, -0.25) is 4.79 Å². The molecule has 0 aliphatic heterocycles. The van der Waals surface area contributed by atoms with Crippen molar-refractivity contribution in [3.8, 4) is 11.5 Å². The average molecular weight is 260 g/mol. The van der Waals surface area contributed by atoms with E-state index in [1.54, 1.807) is 6.07 Å². The highest BCUT2D eigenvalue weighted by molar-refractivity contribution is 9.10. The van der Waals surface area contributed by atoms with Gasteiger partial charge in [0.25, 0.3) is 0 Å². The summed E-state index contributed by atoms with van der Waals surface area (Å²) in [7, 11) is 1.41. The van der Waals surface area contributed by atoms with Crippen molar-refractivity contribution < 1.29 is 14.6 Å². The summed E-state index contributed by atoms with van der Waals surface area (Å²) in [5.74, 6) is -0.269. The molecule has 0 fully saturated rings. The lowest BCUT2D eigenvalue weighted by Gasteiger charge is -2.08. The molecule has 0 amide bonds. The third-order valence-corrected chi connectivity index (χ3v) is 2.40. The molecule has 0 aliphatic carbocycles. The van der Waals surface area contributed by atoms with E-state index in [1.807, 2.05) is 0 Å². The number of halogens is 1. The van der Waals surface area contributed by atoms with Crippen LogP contribution in [0.1, 0.15) is 10.4 Å². The number of carbonyl (C=O) groups excluding carboxylic acids is 1. The summed E-state index contributed by atoms with van der Waals surface area (Å²) in [5.41, 5.74) is 5.36. The highest BCUT2D eigenvalue weighted by Crippen LogP contribution is 2.36. The minimum Gasteiger partial charge on any atom is -0.504 e. The van der Waals surface area contributed by atoms with Crippen LogP contribution in [0.25, 0.3) is 0 Å². The summed E-state index contributed by atoms with van der Waals surface area (Å²) in [6.45, 7) is -0.141. The fourth-order valence-corrected chi connectivity index (χ4v) is 1.56. The molecule has 76 valence electrons. The molecule has 4 nitrogen and oxygen atoms in total. The molecule has 0 spiro atoms. The van der Waals surface area contributed by atoms with Crippen LogP contribution < -0.4 is 10.5 Å². The van der Waals surface area contributed by atoms with E-state index in [2.05, 4.69) is 15.9 Å². The molecule has 3 N–H and O–H groups in total. The number of rotatable bonds is 3. The number of hydrogen-bond acceptors (Lipinski definition) is 4. The average Bonchev–Trinajstić information content (AvgIpc) is 2.18. The first-order valence-corrected chi connectivity index (χ1v) is 4.69. The molecule has 0 saturated heterocycles. The summed E-state index contributed by atoms with van der Waals surface area (Å²) in [4.78, 5) is 11.3. The van der Waals surface area contributed by atoms with Gasteiger partial charge in [-0.15, -0.1) is 0 Å². The van der Waals surface area contributed by atoms with Crippen molar-refractivity contribution in [2.45, 2.75) is 0 Å². The monoisotopic (exact) mass is 259 g/mol. The number of Topliss-reactive ketones (excluding diaryl/α,β-unsaturated/α-hetero) is 1. The van der Waals surface area contributed by atoms with Gasteiger partial charge in [0.2, 0.25) is 0 Å². The van der Waals surface area contributed by atoms with Crippen LogP contribution in [0.15, 0.2) is 16.6 Å². The molecule has 0 bridgehead atoms. The van der Waals surface area contributed by atoms with Gasteiger partial charge in [-0.2, -0.15) is 0 Å². The molecule has 5 heteroatoms. The summed E-state index contributed by atoms with van der Waals surface area (Å²) in [6, 6.07) is 3.12. The molecular formula is C9H10BrNO3. The quantitative estimate of drug-likeness (QED) is 0.803. The maximum atomic E-state index is 11.3. The second kappa shape index (κ2) is 4.43. The first kappa shape index (κ1) is 11.0. The summed E-state index contributed by atoms with van der Waals surface area (Å²) < 4.78 is 5.51. The zero-order valence-electron chi connectivity index (χ0n) is 7.58. The molecule has 14 heavy (non-hydrogen) atoms. The fraction of sp³-hybridized carbons (Fsp3) is 0.222. The molecule has 0 aromatic heterocycles. The number of phenolic OH excluding ortho intramolecular Hbond substituents is 1. The van der Waals surface area contributed by atoms with E-state index in [0.717, 1.165) is 0 Å². The number of nitrogens with two attached hydrogens (primary N) is 1. The number of aromatic hydroxyl groups is 1. The predicted molar refractivity (Wildman–Crippen MR) is 55.7 cm³/mol. The van der Waals surface area contributed by atoms with Gasteiger partial charge in [0.1, 0.15) is 0 Å². The fourth-order valence-electron chi connectivity index (χ4n) is 1.08. The minimum absolute atomic E-state index is 0.141. The van der Waals surface area contributed by atoms with E-state index in [1.165, 1.54) is 13.2 Å². The Hall–Kier alpha value is -1.07. The maximum absolute atomic E-state index is 11.3. The largest absolute Gasteiger partial charge is 0.504 e. The number of methoxy groups -OCH3 is 1. The summed E-state index contributed by atoms with van der Waals surface area (Å²) in [6.07, 6.45) is 0. The van der Waals surface area contributed by atoms with E-state index >= 15 is 0 Å². The van der Waals surface area contributed by atoms with Crippen LogP contribution in [0.4, 0.5) is 0 Å². The van der Waals surface area contributed by atoms with Gasteiger partial charge in [-0.1, -0.05) is 0 Å². The van der Waals surface area contributed by atoms with Crippen molar-refractivity contribution in [2.24, 2.45) is 5.73 Å². The first-order chi connectivity index (χ1) is 6.61. The van der Waals surface area contributed by atoms with Gasteiger partial charge in [-0.25, -0.2) is 0 Å². The molecule has 1 aromatic rings. The number of ether oxygens (including phenoxy) is 1. The zero-order valence-corrected chi connectivity index (χ0v) is 9.17. The van der Waals surface area contributed by atoms with E-state index in [4.69, 9.17) is 10.5 Å². The predicted octanol–water partition coefficient (Wildman–Crippen LogP) is 1.30. The molecule has 0 saturated carbocycles. The third kappa shape index (κ3) is 1.88. The summed E-state index contributed by atoms with van der Waals surface area (Å²) >= 11 is 3.18. The van der Waals surface area contributed by atoms with Gasteiger partial charge in [-0.05, 0) is 28.1 Å². The second-order valence-electron chi connectivity index (χ2n) is 2.60. The number of phenols is 1. The van der Waals surface area contributed by atoms with Crippen molar-refractivity contribution >= 4 is 21.7 Å². The topological polar surface area (TPSA) is 72.5 Å². The third-order valence-electron chi connectivity index (χ3n) is 1.77. The van der Waals surface area contributed by atoms with Crippen molar-refractivity contribution in [3.05, 3.63) is 22.2 Å². The molecular weight excluding hydrogens is 250 g/mol. The van der Waals surface area contributed by atoms with Crippen molar-refractivity contribution in [3.63, 3.8) is 0 Å². The molecule has 1 aromatic carbocycles. The molecule has 0 heterocycles. The lowest BCUT2D eigenvalue weighted by Crippen LogP contribution is -2.13. The lowest BCUT2D eigenvalue weighted by atomic mass is 10.1. The van der Waals surface area contributed by atoms with E-state index in [0.29, 0.717) is 4.47 Å². The molecule has 0 radical (unpaired) electrons. The Morgan fingerprint density at radius 1 is 1.64 bits per heavy atom. The normalized spacial score (nSPS) is 9.93. The molecule has 1 rings (SSSR count). The smallest absolute Gasteiger partial charge is 0.180 e. The Bertz CT molecular complexity index is 365. The van der Waals surface area contributed by atoms with Crippen molar-refractivity contribution in [1.29, 1.82) is 0 Å². The number of carbonyl (C=O) groups is 1. The van der Waals surface area contributed by atoms with Crippen LogP contribution in [0, 0.1) is 0 Å². The van der Waals surface area contributed by atoms with E-state index < -0.39 is 0 Å². The van der Waals surface area contributed by atoms with Crippen LogP contribution in [0.3, 0.4) is 0 Å². The minimum atomic E-state index is -0.326. The van der Waals surface area contributed by atoms with Gasteiger partial charge < -0.3 is 15.6 Å². The highest BCUT2D eigenvalue weighted by Gasteiger charge is 2.15. The van der Waals surface area contributed by atoms with Crippen molar-refractivity contribution in [1.82, 2.24) is 0 Å². The number of ketones is 1. The van der Waals surface area contributed by atoms with Gasteiger partial charge in [0.15, 0.2) is 17.3 Å². The van der Waals surface area contributed by atoms with Crippen LogP contribution in [-0.4, -0.2) is 24.5 Å². The Kier molecular flexibility index (Phi) is 3.49.